The third kappa shape index (κ3) is 1.54. The molecule has 0 radical (unpaired) electrons. The van der Waals surface area contributed by atoms with Gasteiger partial charge in [-0.05, 0) is 25.0 Å². The van der Waals surface area contributed by atoms with Crippen molar-refractivity contribution in [3.05, 3.63) is 24.3 Å². The highest BCUT2D eigenvalue weighted by molar-refractivity contribution is 5.82. The van der Waals surface area contributed by atoms with E-state index in [0.717, 1.165) is 29.9 Å². The molecule has 2 heterocycles. The number of hydrogen-bond donors (Lipinski definition) is 1. The van der Waals surface area contributed by atoms with E-state index in [9.17, 15) is 9.90 Å². The van der Waals surface area contributed by atoms with Gasteiger partial charge < -0.3 is 14.6 Å². The average molecular weight is 245 g/mol. The normalized spacial score (nSPS) is 19.6. The van der Waals surface area contributed by atoms with Crippen molar-refractivity contribution in [1.29, 1.82) is 0 Å². The van der Waals surface area contributed by atoms with Crippen molar-refractivity contribution in [3.8, 4) is 0 Å². The predicted octanol–water partition coefficient (Wildman–Crippen LogP) is 1.63. The summed E-state index contributed by atoms with van der Waals surface area (Å²) in [7, 11) is 1.93. The quantitative estimate of drug-likeness (QED) is 0.873. The standard InChI is InChI=1S/C13H15N3O2/c1-15-10-6-3-2-5-9(10)14-13(15)16-8-4-7-11(16)12(17)18/h2-3,5-6,11H,4,7-8H2,1H3,(H,17,18)/t11-/m1/s1. The lowest BCUT2D eigenvalue weighted by Crippen LogP contribution is -2.37. The van der Waals surface area contributed by atoms with Gasteiger partial charge in [-0.3, -0.25) is 0 Å². The first-order valence-electron chi connectivity index (χ1n) is 6.09. The van der Waals surface area contributed by atoms with Crippen molar-refractivity contribution in [2.24, 2.45) is 7.05 Å². The zero-order chi connectivity index (χ0) is 12.7. The fraction of sp³-hybridized carbons (Fsp3) is 0.385. The van der Waals surface area contributed by atoms with Crippen LogP contribution in [0.15, 0.2) is 24.3 Å². The monoisotopic (exact) mass is 245 g/mol. The van der Waals surface area contributed by atoms with Gasteiger partial charge in [-0.15, -0.1) is 0 Å². The highest BCUT2D eigenvalue weighted by Crippen LogP contribution is 2.27. The molecule has 0 aliphatic carbocycles. The number of rotatable bonds is 2. The minimum absolute atomic E-state index is 0.444. The summed E-state index contributed by atoms with van der Waals surface area (Å²) in [5.74, 6) is -0.0133. The number of aliphatic carboxylic acids is 1. The lowest BCUT2D eigenvalue weighted by Gasteiger charge is -2.22. The Bertz CT molecular complexity index is 605. The summed E-state index contributed by atoms with van der Waals surface area (Å²) in [4.78, 5) is 17.7. The Balaban J connectivity index is 2.09. The Hall–Kier alpha value is -2.04. The Kier molecular flexibility index (Phi) is 2.47. The highest BCUT2D eigenvalue weighted by Gasteiger charge is 2.33. The molecule has 0 unspecified atom stereocenters. The van der Waals surface area contributed by atoms with E-state index in [2.05, 4.69) is 4.98 Å². The highest BCUT2D eigenvalue weighted by atomic mass is 16.4. The SMILES string of the molecule is Cn1c(N2CCC[C@@H]2C(=O)O)nc2ccccc21. The number of carboxylic acid groups (broad SMARTS) is 1. The van der Waals surface area contributed by atoms with Crippen molar-refractivity contribution < 1.29 is 9.90 Å². The molecule has 1 aromatic carbocycles. The van der Waals surface area contributed by atoms with Gasteiger partial charge in [-0.2, -0.15) is 0 Å². The van der Waals surface area contributed by atoms with Gasteiger partial charge in [0.25, 0.3) is 0 Å². The van der Waals surface area contributed by atoms with Crippen LogP contribution in [0, 0.1) is 0 Å². The molecule has 3 rings (SSSR count). The van der Waals surface area contributed by atoms with Gasteiger partial charge in [-0.1, -0.05) is 12.1 Å². The van der Waals surface area contributed by atoms with Crippen LogP contribution < -0.4 is 4.90 Å². The molecule has 1 N–H and O–H groups in total. The lowest BCUT2D eigenvalue weighted by molar-refractivity contribution is -0.138. The summed E-state index contributed by atoms with van der Waals surface area (Å²) in [6.45, 7) is 0.758. The molecule has 0 spiro atoms. The molecule has 0 bridgehead atoms. The number of carbonyl (C=O) groups is 1. The van der Waals surface area contributed by atoms with E-state index in [1.54, 1.807) is 0 Å². The van der Waals surface area contributed by atoms with Gasteiger partial charge in [0.2, 0.25) is 5.95 Å². The minimum Gasteiger partial charge on any atom is -0.480 e. The second-order valence-corrected chi connectivity index (χ2v) is 4.65. The second kappa shape index (κ2) is 4.01. The van der Waals surface area contributed by atoms with Gasteiger partial charge in [0.1, 0.15) is 6.04 Å². The summed E-state index contributed by atoms with van der Waals surface area (Å²) in [5.41, 5.74) is 1.94. The third-order valence-corrected chi connectivity index (χ3v) is 3.56. The number of carboxylic acids is 1. The topological polar surface area (TPSA) is 58.4 Å². The van der Waals surface area contributed by atoms with Crippen LogP contribution in [0.2, 0.25) is 0 Å². The van der Waals surface area contributed by atoms with Gasteiger partial charge in [0.15, 0.2) is 0 Å². The number of aromatic nitrogens is 2. The van der Waals surface area contributed by atoms with Crippen LogP contribution in [0.3, 0.4) is 0 Å². The number of aryl methyl sites for hydroxylation is 1. The van der Waals surface area contributed by atoms with Crippen LogP contribution >= 0.6 is 0 Å². The van der Waals surface area contributed by atoms with Crippen LogP contribution in [-0.2, 0) is 11.8 Å². The van der Waals surface area contributed by atoms with Gasteiger partial charge >= 0.3 is 5.97 Å². The molecule has 1 aliphatic rings. The van der Waals surface area contributed by atoms with Crippen LogP contribution in [0.4, 0.5) is 5.95 Å². The van der Waals surface area contributed by atoms with E-state index in [-0.39, 0.29) is 0 Å². The molecule has 1 atom stereocenters. The summed E-state index contributed by atoms with van der Waals surface area (Å²) >= 11 is 0. The Morgan fingerprint density at radius 3 is 2.94 bits per heavy atom. The molecule has 18 heavy (non-hydrogen) atoms. The largest absolute Gasteiger partial charge is 0.480 e. The Morgan fingerprint density at radius 2 is 2.22 bits per heavy atom. The van der Waals surface area contributed by atoms with Crippen molar-refractivity contribution in [2.45, 2.75) is 18.9 Å². The van der Waals surface area contributed by atoms with Crippen molar-refractivity contribution in [3.63, 3.8) is 0 Å². The van der Waals surface area contributed by atoms with Crippen molar-refractivity contribution in [1.82, 2.24) is 9.55 Å². The fourth-order valence-electron chi connectivity index (χ4n) is 2.65. The molecule has 0 amide bonds. The molecular weight excluding hydrogens is 230 g/mol. The smallest absolute Gasteiger partial charge is 0.326 e. The summed E-state index contributed by atoms with van der Waals surface area (Å²) < 4.78 is 1.97. The second-order valence-electron chi connectivity index (χ2n) is 4.65. The summed E-state index contributed by atoms with van der Waals surface area (Å²) in [5, 5.41) is 9.23. The van der Waals surface area contributed by atoms with E-state index in [0.29, 0.717) is 6.42 Å². The zero-order valence-electron chi connectivity index (χ0n) is 10.2. The zero-order valence-corrected chi connectivity index (χ0v) is 10.2. The number of benzene rings is 1. The Labute approximate surface area is 105 Å². The molecule has 1 aliphatic heterocycles. The van der Waals surface area contributed by atoms with Crippen molar-refractivity contribution in [2.75, 3.05) is 11.4 Å². The van der Waals surface area contributed by atoms with Crippen molar-refractivity contribution >= 4 is 23.0 Å². The number of hydrogen-bond acceptors (Lipinski definition) is 3. The maximum absolute atomic E-state index is 11.2. The van der Waals surface area contributed by atoms with E-state index < -0.39 is 12.0 Å². The molecule has 2 aromatic rings. The predicted molar refractivity (Wildman–Crippen MR) is 68.7 cm³/mol. The minimum atomic E-state index is -0.764. The van der Waals surface area contributed by atoms with Gasteiger partial charge in [0.05, 0.1) is 11.0 Å². The first-order valence-corrected chi connectivity index (χ1v) is 6.09. The van der Waals surface area contributed by atoms with E-state index in [4.69, 9.17) is 0 Å². The fourth-order valence-corrected chi connectivity index (χ4v) is 2.65. The molecule has 1 fully saturated rings. The molecule has 1 aromatic heterocycles. The maximum Gasteiger partial charge on any atom is 0.326 e. The van der Waals surface area contributed by atoms with E-state index >= 15 is 0 Å². The molecule has 0 saturated carbocycles. The van der Waals surface area contributed by atoms with Crippen LogP contribution in [0.25, 0.3) is 11.0 Å². The van der Waals surface area contributed by atoms with E-state index in [1.807, 2.05) is 40.8 Å². The van der Waals surface area contributed by atoms with Crippen LogP contribution in [-0.4, -0.2) is 33.2 Å². The first-order chi connectivity index (χ1) is 8.68. The maximum atomic E-state index is 11.2. The number of nitrogens with zero attached hydrogens (tertiary/aromatic N) is 3. The van der Waals surface area contributed by atoms with Gasteiger partial charge in [-0.25, -0.2) is 9.78 Å². The summed E-state index contributed by atoms with van der Waals surface area (Å²) in [6, 6.07) is 7.41. The molecule has 5 heteroatoms. The lowest BCUT2D eigenvalue weighted by atomic mass is 10.2. The van der Waals surface area contributed by atoms with Crippen LogP contribution in [0.5, 0.6) is 0 Å². The Morgan fingerprint density at radius 1 is 1.44 bits per heavy atom. The van der Waals surface area contributed by atoms with Crippen LogP contribution in [0.1, 0.15) is 12.8 Å². The first kappa shape index (κ1) is 11.1. The van der Waals surface area contributed by atoms with E-state index in [1.165, 1.54) is 0 Å². The number of anilines is 1. The number of imidazole rings is 1. The number of para-hydroxylation sites is 2. The van der Waals surface area contributed by atoms with Gasteiger partial charge in [0, 0.05) is 13.6 Å². The summed E-state index contributed by atoms with van der Waals surface area (Å²) in [6.07, 6.45) is 1.60. The third-order valence-electron chi connectivity index (χ3n) is 3.56. The number of fused-ring (bicyclic) bond motifs is 1. The average Bonchev–Trinajstić information content (AvgIpc) is 2.94. The molecule has 1 saturated heterocycles. The molecular formula is C13H15N3O2. The molecule has 94 valence electrons. The molecule has 5 nitrogen and oxygen atoms in total.